The Bertz CT molecular complexity index is 675. The lowest BCUT2D eigenvalue weighted by atomic mass is 9.84. The molecule has 1 saturated heterocycles. The number of hydrogen-bond acceptors (Lipinski definition) is 8. The highest BCUT2D eigenvalue weighted by molar-refractivity contribution is 7.99. The summed E-state index contributed by atoms with van der Waals surface area (Å²) in [4.78, 5) is 50.6. The molecule has 5 atom stereocenters. The van der Waals surface area contributed by atoms with Crippen molar-refractivity contribution in [1.82, 2.24) is 10.2 Å². The van der Waals surface area contributed by atoms with Crippen molar-refractivity contribution in [1.29, 1.82) is 0 Å². The van der Waals surface area contributed by atoms with Gasteiger partial charge in [0.2, 0.25) is 5.91 Å². The van der Waals surface area contributed by atoms with Crippen molar-refractivity contribution in [3.05, 3.63) is 0 Å². The number of carbonyl (C=O) groups is 4. The van der Waals surface area contributed by atoms with E-state index in [2.05, 4.69) is 5.32 Å². The van der Waals surface area contributed by atoms with Crippen LogP contribution in [0.4, 0.5) is 0 Å². The molecule has 0 aromatic carbocycles. The predicted octanol–water partition coefficient (Wildman–Crippen LogP) is 1.83. The first-order valence-electron chi connectivity index (χ1n) is 11.5. The lowest BCUT2D eigenvalue weighted by Gasteiger charge is -2.35. The van der Waals surface area contributed by atoms with E-state index in [1.165, 1.54) is 11.8 Å². The molecule has 0 aromatic heterocycles. The summed E-state index contributed by atoms with van der Waals surface area (Å²) in [5.41, 5.74) is 0. The molecule has 0 bridgehead atoms. The van der Waals surface area contributed by atoms with E-state index in [0.29, 0.717) is 24.5 Å². The number of fused-ring (bicyclic) bond motifs is 1. The molecule has 1 aliphatic heterocycles. The van der Waals surface area contributed by atoms with E-state index in [-0.39, 0.29) is 36.9 Å². The first-order chi connectivity index (χ1) is 15.3. The van der Waals surface area contributed by atoms with E-state index >= 15 is 0 Å². The molecule has 9 nitrogen and oxygen atoms in total. The van der Waals surface area contributed by atoms with Gasteiger partial charge in [-0.1, -0.05) is 12.8 Å². The van der Waals surface area contributed by atoms with Crippen molar-refractivity contribution in [2.75, 3.05) is 24.7 Å². The number of nitrogens with zero attached hydrogens (tertiary/aromatic N) is 1. The number of hydrogen-bond donors (Lipinski definition) is 2. The number of carboxylic acids is 1. The molecular formula is C22H36N2O7S. The lowest BCUT2D eigenvalue weighted by molar-refractivity contribution is -0.151. The van der Waals surface area contributed by atoms with Crippen molar-refractivity contribution in [2.45, 2.75) is 83.5 Å². The van der Waals surface area contributed by atoms with Crippen LogP contribution in [0.25, 0.3) is 0 Å². The Kier molecular flexibility index (Phi) is 10.8. The molecule has 10 heteroatoms. The van der Waals surface area contributed by atoms with Crippen LogP contribution >= 0.6 is 11.8 Å². The average molecular weight is 473 g/mol. The van der Waals surface area contributed by atoms with Gasteiger partial charge in [0.1, 0.15) is 12.1 Å². The summed E-state index contributed by atoms with van der Waals surface area (Å²) < 4.78 is 10.0. The maximum atomic E-state index is 13.3. The third kappa shape index (κ3) is 7.10. The Labute approximate surface area is 193 Å². The molecule has 0 aromatic rings. The van der Waals surface area contributed by atoms with Gasteiger partial charge in [0, 0.05) is 17.5 Å². The second-order valence-corrected chi connectivity index (χ2v) is 9.42. The third-order valence-electron chi connectivity index (χ3n) is 6.06. The Hall–Kier alpha value is -1.81. The molecule has 1 heterocycles. The fraction of sp³-hybridized carbons (Fsp3) is 0.818. The van der Waals surface area contributed by atoms with Gasteiger partial charge < -0.3 is 19.5 Å². The topological polar surface area (TPSA) is 122 Å². The first-order valence-corrected chi connectivity index (χ1v) is 12.7. The number of amides is 1. The smallest absolute Gasteiger partial charge is 0.326 e. The molecule has 0 spiro atoms. The summed E-state index contributed by atoms with van der Waals surface area (Å²) in [5, 5.41) is 12.7. The van der Waals surface area contributed by atoms with Crippen LogP contribution in [0.5, 0.6) is 0 Å². The van der Waals surface area contributed by atoms with Gasteiger partial charge in [-0.05, 0) is 46.0 Å². The normalized spacial score (nSPS) is 24.3. The van der Waals surface area contributed by atoms with Gasteiger partial charge in [-0.2, -0.15) is 11.8 Å². The zero-order valence-electron chi connectivity index (χ0n) is 19.2. The molecule has 2 rings (SSSR count). The van der Waals surface area contributed by atoms with E-state index in [9.17, 15) is 24.3 Å². The summed E-state index contributed by atoms with van der Waals surface area (Å²) >= 11 is 1.40. The molecule has 1 saturated carbocycles. The maximum Gasteiger partial charge on any atom is 0.326 e. The highest BCUT2D eigenvalue weighted by Gasteiger charge is 2.48. The highest BCUT2D eigenvalue weighted by atomic mass is 32.2. The van der Waals surface area contributed by atoms with Crippen LogP contribution in [-0.4, -0.2) is 82.7 Å². The molecule has 32 heavy (non-hydrogen) atoms. The number of carboxylic acid groups (broad SMARTS) is 1. The first kappa shape index (κ1) is 26.4. The molecule has 2 aliphatic rings. The van der Waals surface area contributed by atoms with E-state index < -0.39 is 30.1 Å². The molecule has 0 radical (unpaired) electrons. The van der Waals surface area contributed by atoms with E-state index in [0.717, 1.165) is 25.7 Å². The van der Waals surface area contributed by atoms with Crippen molar-refractivity contribution in [3.63, 3.8) is 0 Å². The van der Waals surface area contributed by atoms with Crippen LogP contribution in [0.2, 0.25) is 0 Å². The minimum absolute atomic E-state index is 0.0541. The third-order valence-corrected chi connectivity index (χ3v) is 7.12. The van der Waals surface area contributed by atoms with Crippen LogP contribution < -0.4 is 5.32 Å². The van der Waals surface area contributed by atoms with Crippen LogP contribution in [0.1, 0.15) is 59.3 Å². The quantitative estimate of drug-likeness (QED) is 0.323. The number of rotatable bonds is 12. The Morgan fingerprint density at radius 3 is 2.47 bits per heavy atom. The van der Waals surface area contributed by atoms with Gasteiger partial charge in [-0.15, -0.1) is 0 Å². The summed E-state index contributed by atoms with van der Waals surface area (Å²) in [6, 6.07) is -2.35. The molecule has 1 aliphatic carbocycles. The molecular weight excluding hydrogens is 436 g/mol. The molecule has 3 unspecified atom stereocenters. The second kappa shape index (κ2) is 13.0. The van der Waals surface area contributed by atoms with Crippen LogP contribution in [0.15, 0.2) is 0 Å². The average Bonchev–Trinajstić information content (AvgIpc) is 3.15. The SMILES string of the molecule is CCOC(=O)CCSC[C@@H](NC(C)C(=O)N1C2CCCCC2C[C@H]1C(=O)O)C(=O)OCC. The molecule has 2 N–H and O–H groups in total. The van der Waals surface area contributed by atoms with Gasteiger partial charge in [-0.3, -0.25) is 19.7 Å². The monoisotopic (exact) mass is 472 g/mol. The Balaban J connectivity index is 2.00. The number of aliphatic carboxylic acids is 1. The number of carbonyl (C=O) groups excluding carboxylic acids is 3. The lowest BCUT2D eigenvalue weighted by Crippen LogP contribution is -2.56. The standard InChI is InChI=1S/C22H36N2O7S/c1-4-30-19(25)10-11-32-13-16(22(29)31-5-2)23-14(3)20(26)24-17-9-7-6-8-15(17)12-18(24)21(27)28/h14-18,23H,4-13H2,1-3H3,(H,27,28)/t14?,15?,16-,17?,18+/m1/s1. The summed E-state index contributed by atoms with van der Waals surface area (Å²) in [7, 11) is 0. The fourth-order valence-electron chi connectivity index (χ4n) is 4.61. The molecule has 1 amide bonds. The van der Waals surface area contributed by atoms with Gasteiger partial charge in [0.05, 0.1) is 25.7 Å². The maximum absolute atomic E-state index is 13.3. The Morgan fingerprint density at radius 1 is 1.12 bits per heavy atom. The minimum atomic E-state index is -0.976. The van der Waals surface area contributed by atoms with Crippen molar-refractivity contribution in [3.8, 4) is 0 Å². The summed E-state index contributed by atoms with van der Waals surface area (Å²) in [6.45, 7) is 5.65. The fourth-order valence-corrected chi connectivity index (χ4v) is 5.56. The van der Waals surface area contributed by atoms with Crippen LogP contribution in [0.3, 0.4) is 0 Å². The van der Waals surface area contributed by atoms with Gasteiger partial charge in [0.25, 0.3) is 0 Å². The van der Waals surface area contributed by atoms with Gasteiger partial charge in [-0.25, -0.2) is 4.79 Å². The second-order valence-electron chi connectivity index (χ2n) is 8.27. The Morgan fingerprint density at radius 2 is 1.81 bits per heavy atom. The highest BCUT2D eigenvalue weighted by Crippen LogP contribution is 2.40. The van der Waals surface area contributed by atoms with E-state index in [1.807, 2.05) is 0 Å². The number of likely N-dealkylation sites (tertiary alicyclic amines) is 1. The predicted molar refractivity (Wildman–Crippen MR) is 120 cm³/mol. The van der Waals surface area contributed by atoms with E-state index in [1.54, 1.807) is 25.7 Å². The van der Waals surface area contributed by atoms with E-state index in [4.69, 9.17) is 9.47 Å². The zero-order valence-corrected chi connectivity index (χ0v) is 20.0. The number of thioether (sulfide) groups is 1. The van der Waals surface area contributed by atoms with Crippen LogP contribution in [-0.2, 0) is 28.7 Å². The van der Waals surface area contributed by atoms with Crippen molar-refractivity contribution in [2.24, 2.45) is 5.92 Å². The zero-order chi connectivity index (χ0) is 23.7. The number of ether oxygens (including phenoxy) is 2. The van der Waals surface area contributed by atoms with Gasteiger partial charge >= 0.3 is 17.9 Å². The number of esters is 2. The summed E-state index contributed by atoms with van der Waals surface area (Å²) in [6.07, 6.45) is 4.54. The molecule has 2 fully saturated rings. The van der Waals surface area contributed by atoms with Crippen molar-refractivity contribution < 1.29 is 33.8 Å². The van der Waals surface area contributed by atoms with Gasteiger partial charge in [0.15, 0.2) is 0 Å². The molecule has 182 valence electrons. The van der Waals surface area contributed by atoms with Crippen molar-refractivity contribution >= 4 is 35.6 Å². The number of nitrogens with one attached hydrogen (secondary N) is 1. The summed E-state index contributed by atoms with van der Waals surface area (Å²) in [5.74, 6) is -1.00. The van der Waals surface area contributed by atoms with Crippen LogP contribution in [0, 0.1) is 5.92 Å². The minimum Gasteiger partial charge on any atom is -0.480 e. The largest absolute Gasteiger partial charge is 0.480 e.